The molecule has 2 atom stereocenters. The van der Waals surface area contributed by atoms with Crippen molar-refractivity contribution < 1.29 is 33.7 Å². The molecule has 0 fully saturated rings. The predicted octanol–water partition coefficient (Wildman–Crippen LogP) is 5.33. The molecule has 0 N–H and O–H groups in total. The van der Waals surface area contributed by atoms with Gasteiger partial charge >= 0.3 is 5.09 Å². The molecule has 0 aliphatic carbocycles. The summed E-state index contributed by atoms with van der Waals surface area (Å²) in [5, 5.41) is 0.116. The van der Waals surface area contributed by atoms with Crippen LogP contribution in [0.5, 0.6) is 0 Å². The molecule has 0 aliphatic heterocycles. The Kier molecular flexibility index (Phi) is 22.0. The van der Waals surface area contributed by atoms with E-state index >= 15 is 0 Å². The summed E-state index contributed by atoms with van der Waals surface area (Å²) in [7, 11) is 0. The zero-order chi connectivity index (χ0) is 22.3. The van der Waals surface area contributed by atoms with Crippen LogP contribution in [-0.4, -0.2) is 57.3 Å². The average Bonchev–Trinajstić information content (AvgIpc) is 2.73. The Balaban J connectivity index is 4.45. The number of hydrogen-bond donors (Lipinski definition) is 0. The highest BCUT2D eigenvalue weighted by atomic mass is 17.1. The predicted molar refractivity (Wildman–Crippen MR) is 116 cm³/mol. The van der Waals surface area contributed by atoms with Gasteiger partial charge in [-0.3, -0.25) is 0 Å². The summed E-state index contributed by atoms with van der Waals surface area (Å²) in [6, 6.07) is 0. The van der Waals surface area contributed by atoms with Gasteiger partial charge in [-0.25, -0.2) is 0 Å². The molecule has 0 aromatic rings. The summed E-state index contributed by atoms with van der Waals surface area (Å²) >= 11 is 0. The van der Waals surface area contributed by atoms with Crippen molar-refractivity contribution in [2.24, 2.45) is 0 Å². The lowest BCUT2D eigenvalue weighted by Crippen LogP contribution is -2.30. The number of unbranched alkanes of at least 4 members (excludes halogenated alkanes) is 4. The van der Waals surface area contributed by atoms with E-state index < -0.39 is 12.6 Å². The maximum Gasteiger partial charge on any atom is 0.482 e. The highest BCUT2D eigenvalue weighted by molar-refractivity contribution is 4.46. The molecule has 0 aliphatic rings. The van der Waals surface area contributed by atoms with Crippen LogP contribution in [-0.2, 0) is 28.6 Å². The van der Waals surface area contributed by atoms with Crippen molar-refractivity contribution in [1.29, 1.82) is 0 Å². The van der Waals surface area contributed by atoms with Gasteiger partial charge in [0, 0.05) is 26.1 Å². The second-order valence-electron chi connectivity index (χ2n) is 7.25. The number of nitrogens with zero attached hydrogens (tertiary/aromatic N) is 1. The molecular weight excluding hydrogens is 390 g/mol. The molecule has 8 heteroatoms. The quantitative estimate of drug-likeness (QED) is 0.115. The van der Waals surface area contributed by atoms with Crippen LogP contribution in [0.25, 0.3) is 0 Å². The maximum atomic E-state index is 12.2. The van der Waals surface area contributed by atoms with Gasteiger partial charge in [-0.15, -0.1) is 0 Å². The van der Waals surface area contributed by atoms with Gasteiger partial charge in [0.1, 0.15) is 4.91 Å². The van der Waals surface area contributed by atoms with Crippen molar-refractivity contribution in [2.75, 3.05) is 39.6 Å². The molecule has 0 bridgehead atoms. The van der Waals surface area contributed by atoms with Crippen molar-refractivity contribution >= 4 is 0 Å². The second-order valence-corrected chi connectivity index (χ2v) is 7.25. The molecule has 0 amide bonds. The molecule has 0 saturated heterocycles. The van der Waals surface area contributed by atoms with Gasteiger partial charge in [0.05, 0.1) is 26.4 Å². The fourth-order valence-corrected chi connectivity index (χ4v) is 2.32. The van der Waals surface area contributed by atoms with E-state index in [2.05, 4.69) is 27.7 Å². The van der Waals surface area contributed by atoms with E-state index in [4.69, 9.17) is 28.6 Å². The van der Waals surface area contributed by atoms with Crippen LogP contribution in [0.2, 0.25) is 0 Å². The van der Waals surface area contributed by atoms with Gasteiger partial charge in [0.15, 0.2) is 0 Å². The van der Waals surface area contributed by atoms with E-state index in [1.165, 1.54) is 0 Å². The Labute approximate surface area is 183 Å². The number of ether oxygens (including phenoxy) is 4. The first kappa shape index (κ1) is 29.0. The molecule has 0 saturated carbocycles. The minimum Gasteiger partial charge on any atom is -0.381 e. The Hall–Kier alpha value is -0.960. The van der Waals surface area contributed by atoms with Gasteiger partial charge in [0.25, 0.3) is 12.6 Å². The lowest BCUT2D eigenvalue weighted by atomic mass is 10.3. The molecule has 8 nitrogen and oxygen atoms in total. The zero-order valence-electron chi connectivity index (χ0n) is 19.8. The second kappa shape index (κ2) is 22.7. The summed E-state index contributed by atoms with van der Waals surface area (Å²) in [6.45, 7) is 11.7. The topological polar surface area (TPSA) is 75.5 Å². The lowest BCUT2D eigenvalue weighted by Gasteiger charge is -2.15. The molecule has 0 rings (SSSR count). The number of rotatable bonds is 24. The summed E-state index contributed by atoms with van der Waals surface area (Å²) in [4.78, 5) is 22.9. The number of hydrogen-bond acceptors (Lipinski definition) is 7. The Morgan fingerprint density at radius 1 is 0.567 bits per heavy atom. The van der Waals surface area contributed by atoms with Crippen LogP contribution in [0, 0.1) is 4.91 Å². The van der Waals surface area contributed by atoms with Crippen LogP contribution in [0.15, 0.2) is 0 Å². The van der Waals surface area contributed by atoms with Crippen LogP contribution >= 0.6 is 0 Å². The van der Waals surface area contributed by atoms with E-state index in [1.807, 2.05) is 0 Å². The van der Waals surface area contributed by atoms with E-state index in [9.17, 15) is 4.91 Å². The van der Waals surface area contributed by atoms with Gasteiger partial charge < -0.3 is 18.9 Å². The molecule has 0 spiro atoms. The van der Waals surface area contributed by atoms with E-state index in [0.29, 0.717) is 52.5 Å². The fraction of sp³-hybridized carbons (Fsp3) is 1.00. The summed E-state index contributed by atoms with van der Waals surface area (Å²) in [5.41, 5.74) is 0. The molecule has 180 valence electrons. The van der Waals surface area contributed by atoms with Crippen LogP contribution in [0.1, 0.15) is 91.9 Å². The summed E-state index contributed by atoms with van der Waals surface area (Å²) in [6.07, 6.45) is 7.46. The van der Waals surface area contributed by atoms with Crippen molar-refractivity contribution in [3.8, 4) is 0 Å². The normalized spacial score (nSPS) is 13.2. The minimum atomic E-state index is -0.715. The van der Waals surface area contributed by atoms with Crippen LogP contribution < -0.4 is 0 Å². The molecule has 0 heterocycles. The smallest absolute Gasteiger partial charge is 0.381 e. The third-order valence-electron chi connectivity index (χ3n) is 4.29. The van der Waals surface area contributed by atoms with Gasteiger partial charge in [0.2, 0.25) is 0 Å². The maximum absolute atomic E-state index is 12.2. The first-order chi connectivity index (χ1) is 14.7. The van der Waals surface area contributed by atoms with E-state index in [-0.39, 0.29) is 5.09 Å². The Morgan fingerprint density at radius 2 is 0.933 bits per heavy atom. The monoisotopic (exact) mass is 436 g/mol. The molecule has 30 heavy (non-hydrogen) atoms. The first-order valence-corrected chi connectivity index (χ1v) is 11.9. The standard InChI is InChI=1S/C22H46NO7/c1-5-9-15-25-19-13-21(27-17-11-7-3)29-23(24)30-22(28-18-12-8-4)14-20-26-16-10-6-2/h21-22H,5-20H2,1-4H3/q+1. The fourth-order valence-electron chi connectivity index (χ4n) is 2.32. The van der Waals surface area contributed by atoms with Crippen molar-refractivity contribution in [3.05, 3.63) is 4.91 Å². The molecule has 2 unspecified atom stereocenters. The third-order valence-corrected chi connectivity index (χ3v) is 4.29. The zero-order valence-corrected chi connectivity index (χ0v) is 19.8. The van der Waals surface area contributed by atoms with Gasteiger partial charge in [-0.2, -0.15) is 9.68 Å². The third kappa shape index (κ3) is 19.0. The lowest BCUT2D eigenvalue weighted by molar-refractivity contribution is -1.00. The molecule has 0 radical (unpaired) electrons. The van der Waals surface area contributed by atoms with Crippen molar-refractivity contribution in [2.45, 2.75) is 104 Å². The molecular formula is C22H46NO7+. The molecule has 0 aromatic heterocycles. The highest BCUT2D eigenvalue weighted by Crippen LogP contribution is 2.09. The largest absolute Gasteiger partial charge is 0.482 e. The highest BCUT2D eigenvalue weighted by Gasteiger charge is 2.28. The molecule has 0 aromatic carbocycles. The van der Waals surface area contributed by atoms with E-state index in [1.54, 1.807) is 0 Å². The van der Waals surface area contributed by atoms with E-state index in [0.717, 1.165) is 51.4 Å². The van der Waals surface area contributed by atoms with Crippen molar-refractivity contribution in [3.63, 3.8) is 0 Å². The average molecular weight is 437 g/mol. The Bertz CT molecular complexity index is 339. The van der Waals surface area contributed by atoms with Gasteiger partial charge in [-0.05, 0) is 25.7 Å². The van der Waals surface area contributed by atoms with Crippen molar-refractivity contribution in [1.82, 2.24) is 0 Å². The Morgan fingerprint density at radius 3 is 1.30 bits per heavy atom. The SMILES string of the molecule is CCCCOCCC(OCCCC)O[N+](=O)OC(CCOCCCC)OCCCC. The summed E-state index contributed by atoms with van der Waals surface area (Å²) in [5.74, 6) is 0. The first-order valence-electron chi connectivity index (χ1n) is 11.9. The summed E-state index contributed by atoms with van der Waals surface area (Å²) < 4.78 is 22.5. The van der Waals surface area contributed by atoms with Crippen LogP contribution in [0.3, 0.4) is 0 Å². The van der Waals surface area contributed by atoms with Crippen LogP contribution in [0.4, 0.5) is 0 Å². The van der Waals surface area contributed by atoms with Gasteiger partial charge in [-0.1, -0.05) is 53.4 Å². The minimum absolute atomic E-state index is 0.116.